The van der Waals surface area contributed by atoms with Crippen LogP contribution in [0.3, 0.4) is 0 Å². The first kappa shape index (κ1) is 14.8. The van der Waals surface area contributed by atoms with Crippen LogP contribution in [0.25, 0.3) is 0 Å². The molecular weight excluding hydrogens is 299 g/mol. The van der Waals surface area contributed by atoms with Crippen molar-refractivity contribution in [1.82, 2.24) is 0 Å². The Balaban J connectivity index is 1.86. The van der Waals surface area contributed by atoms with Crippen LogP contribution in [0.4, 0.5) is 0 Å². The Labute approximate surface area is 128 Å². The Bertz CT molecular complexity index is 573. The van der Waals surface area contributed by atoms with E-state index in [1.54, 1.807) is 25.3 Å². The van der Waals surface area contributed by atoms with E-state index in [-0.39, 0.29) is 0 Å². The molecule has 0 aliphatic carbocycles. The van der Waals surface area contributed by atoms with Crippen molar-refractivity contribution in [2.75, 3.05) is 20.3 Å². The molecule has 0 amide bonds. The van der Waals surface area contributed by atoms with E-state index in [2.05, 4.69) is 0 Å². The van der Waals surface area contributed by atoms with E-state index in [9.17, 15) is 0 Å². The van der Waals surface area contributed by atoms with Gasteiger partial charge in [0, 0.05) is 11.1 Å². The number of hydrogen-bond acceptors (Lipinski definition) is 3. The number of para-hydroxylation sites is 2. The topological polar surface area (TPSA) is 27.7 Å². The Morgan fingerprint density at radius 1 is 0.850 bits per heavy atom. The molecule has 0 aliphatic rings. The van der Waals surface area contributed by atoms with Gasteiger partial charge in [-0.25, -0.2) is 0 Å². The highest BCUT2D eigenvalue weighted by atomic mass is 35.5. The van der Waals surface area contributed by atoms with Crippen LogP contribution in [0.5, 0.6) is 17.2 Å². The SMILES string of the molecule is COc1ccccc1OCCOc1cc(Cl)ccc1Cl. The average molecular weight is 313 g/mol. The molecular formula is C15H14Cl2O3. The molecule has 0 radical (unpaired) electrons. The van der Waals surface area contributed by atoms with E-state index in [1.165, 1.54) is 0 Å². The molecule has 0 fully saturated rings. The summed E-state index contributed by atoms with van der Waals surface area (Å²) >= 11 is 11.9. The molecule has 0 atom stereocenters. The van der Waals surface area contributed by atoms with Gasteiger partial charge in [0.1, 0.15) is 19.0 Å². The van der Waals surface area contributed by atoms with Gasteiger partial charge in [-0.15, -0.1) is 0 Å². The van der Waals surface area contributed by atoms with Gasteiger partial charge in [0.15, 0.2) is 11.5 Å². The van der Waals surface area contributed by atoms with E-state index in [4.69, 9.17) is 37.4 Å². The van der Waals surface area contributed by atoms with Gasteiger partial charge in [-0.05, 0) is 24.3 Å². The standard InChI is InChI=1S/C15H14Cl2O3/c1-18-13-4-2-3-5-14(13)19-8-9-20-15-10-11(16)6-7-12(15)17/h2-7,10H,8-9H2,1H3. The fraction of sp³-hybridized carbons (Fsp3) is 0.200. The van der Waals surface area contributed by atoms with E-state index in [1.807, 2.05) is 24.3 Å². The Morgan fingerprint density at radius 3 is 2.20 bits per heavy atom. The first-order chi connectivity index (χ1) is 9.70. The van der Waals surface area contributed by atoms with Crippen LogP contribution in [-0.4, -0.2) is 20.3 Å². The lowest BCUT2D eigenvalue weighted by Gasteiger charge is -2.11. The Morgan fingerprint density at radius 2 is 1.50 bits per heavy atom. The summed E-state index contributed by atoms with van der Waals surface area (Å²) in [6.07, 6.45) is 0. The van der Waals surface area contributed by atoms with Crippen molar-refractivity contribution in [3.05, 3.63) is 52.5 Å². The zero-order valence-corrected chi connectivity index (χ0v) is 12.4. The average Bonchev–Trinajstić information content (AvgIpc) is 2.47. The van der Waals surface area contributed by atoms with E-state index in [0.717, 1.165) is 0 Å². The van der Waals surface area contributed by atoms with Gasteiger partial charge < -0.3 is 14.2 Å². The maximum atomic E-state index is 6.00. The highest BCUT2D eigenvalue weighted by Crippen LogP contribution is 2.28. The second-order valence-corrected chi connectivity index (χ2v) is 4.77. The maximum absolute atomic E-state index is 6.00. The monoisotopic (exact) mass is 312 g/mol. The van der Waals surface area contributed by atoms with Gasteiger partial charge >= 0.3 is 0 Å². The first-order valence-electron chi connectivity index (χ1n) is 6.04. The summed E-state index contributed by atoms with van der Waals surface area (Å²) in [5, 5.41) is 1.10. The molecule has 0 heterocycles. The molecule has 0 N–H and O–H groups in total. The summed E-state index contributed by atoms with van der Waals surface area (Å²) in [5.74, 6) is 1.91. The summed E-state index contributed by atoms with van der Waals surface area (Å²) in [6.45, 7) is 0.737. The molecule has 0 aromatic heterocycles. The van der Waals surface area contributed by atoms with Crippen LogP contribution in [0.15, 0.2) is 42.5 Å². The lowest BCUT2D eigenvalue weighted by Crippen LogP contribution is -2.09. The molecule has 0 spiro atoms. The molecule has 0 bridgehead atoms. The van der Waals surface area contributed by atoms with Crippen LogP contribution in [0.2, 0.25) is 10.0 Å². The first-order valence-corrected chi connectivity index (χ1v) is 6.80. The number of ether oxygens (including phenoxy) is 3. The summed E-state index contributed by atoms with van der Waals surface area (Å²) in [5.41, 5.74) is 0. The highest BCUT2D eigenvalue weighted by Gasteiger charge is 2.04. The fourth-order valence-corrected chi connectivity index (χ4v) is 1.96. The fourth-order valence-electron chi connectivity index (χ4n) is 1.63. The number of hydrogen-bond donors (Lipinski definition) is 0. The zero-order valence-electron chi connectivity index (χ0n) is 10.9. The third kappa shape index (κ3) is 3.95. The quantitative estimate of drug-likeness (QED) is 0.737. The van der Waals surface area contributed by atoms with Crippen molar-refractivity contribution in [1.29, 1.82) is 0 Å². The largest absolute Gasteiger partial charge is 0.493 e. The lowest BCUT2D eigenvalue weighted by atomic mass is 10.3. The number of methoxy groups -OCH3 is 1. The van der Waals surface area contributed by atoms with Crippen LogP contribution < -0.4 is 14.2 Å². The van der Waals surface area contributed by atoms with Crippen LogP contribution in [0.1, 0.15) is 0 Å². The summed E-state index contributed by atoms with van der Waals surface area (Å²) in [6, 6.07) is 12.5. The zero-order chi connectivity index (χ0) is 14.4. The summed E-state index contributed by atoms with van der Waals surface area (Å²) < 4.78 is 16.3. The molecule has 2 rings (SSSR count). The number of halogens is 2. The van der Waals surface area contributed by atoms with Crippen molar-refractivity contribution < 1.29 is 14.2 Å². The minimum atomic E-state index is 0.359. The Kier molecular flexibility index (Phi) is 5.39. The van der Waals surface area contributed by atoms with E-state index < -0.39 is 0 Å². The number of rotatable bonds is 6. The molecule has 0 saturated heterocycles. The van der Waals surface area contributed by atoms with Crippen molar-refractivity contribution >= 4 is 23.2 Å². The van der Waals surface area contributed by atoms with Crippen LogP contribution in [-0.2, 0) is 0 Å². The molecule has 0 unspecified atom stereocenters. The van der Waals surface area contributed by atoms with E-state index >= 15 is 0 Å². The van der Waals surface area contributed by atoms with Gasteiger partial charge in [-0.1, -0.05) is 35.3 Å². The van der Waals surface area contributed by atoms with E-state index in [0.29, 0.717) is 40.5 Å². The highest BCUT2D eigenvalue weighted by molar-refractivity contribution is 6.34. The minimum absolute atomic E-state index is 0.359. The number of benzene rings is 2. The van der Waals surface area contributed by atoms with Crippen molar-refractivity contribution in [2.24, 2.45) is 0 Å². The Hall–Kier alpha value is -1.58. The normalized spacial score (nSPS) is 10.2. The molecule has 2 aromatic carbocycles. The second-order valence-electron chi connectivity index (χ2n) is 3.92. The molecule has 106 valence electrons. The predicted molar refractivity (Wildman–Crippen MR) is 80.4 cm³/mol. The van der Waals surface area contributed by atoms with Gasteiger partial charge in [0.25, 0.3) is 0 Å². The van der Waals surface area contributed by atoms with Crippen molar-refractivity contribution in [3.8, 4) is 17.2 Å². The molecule has 0 aliphatic heterocycles. The molecule has 20 heavy (non-hydrogen) atoms. The summed E-state index contributed by atoms with van der Waals surface area (Å²) in [4.78, 5) is 0. The third-order valence-electron chi connectivity index (χ3n) is 2.56. The molecule has 3 nitrogen and oxygen atoms in total. The second kappa shape index (κ2) is 7.27. The van der Waals surface area contributed by atoms with Gasteiger partial charge in [0.2, 0.25) is 0 Å². The minimum Gasteiger partial charge on any atom is -0.493 e. The van der Waals surface area contributed by atoms with Crippen LogP contribution in [0, 0.1) is 0 Å². The van der Waals surface area contributed by atoms with Gasteiger partial charge in [-0.3, -0.25) is 0 Å². The van der Waals surface area contributed by atoms with Gasteiger partial charge in [0.05, 0.1) is 12.1 Å². The smallest absolute Gasteiger partial charge is 0.161 e. The van der Waals surface area contributed by atoms with Crippen molar-refractivity contribution in [2.45, 2.75) is 0 Å². The third-order valence-corrected chi connectivity index (χ3v) is 3.11. The maximum Gasteiger partial charge on any atom is 0.161 e. The molecule has 5 heteroatoms. The molecule has 0 saturated carbocycles. The lowest BCUT2D eigenvalue weighted by molar-refractivity contribution is 0.211. The molecule has 2 aromatic rings. The van der Waals surface area contributed by atoms with Crippen LogP contribution >= 0.6 is 23.2 Å². The predicted octanol–water partition coefficient (Wildman–Crippen LogP) is 4.46. The van der Waals surface area contributed by atoms with Gasteiger partial charge in [-0.2, -0.15) is 0 Å². The summed E-state index contributed by atoms with van der Waals surface area (Å²) in [7, 11) is 1.60. The van der Waals surface area contributed by atoms with Crippen molar-refractivity contribution in [3.63, 3.8) is 0 Å².